The molecule has 118 valence electrons. The molecule has 7 nitrogen and oxygen atoms in total. The average molecular weight is 331 g/mol. The first kappa shape index (κ1) is 15.1. The molecular formula is C12H21N5O2S2. The molecule has 0 atom stereocenters. The van der Waals surface area contributed by atoms with Gasteiger partial charge in [0.05, 0.1) is 12.9 Å². The number of nitrogens with zero attached hydrogens (tertiary/aromatic N) is 5. The van der Waals surface area contributed by atoms with Crippen molar-refractivity contribution in [3.8, 4) is 0 Å². The maximum atomic E-state index is 11.5. The highest BCUT2D eigenvalue weighted by molar-refractivity contribution is 7.88. The van der Waals surface area contributed by atoms with Gasteiger partial charge in [0.25, 0.3) is 0 Å². The summed E-state index contributed by atoms with van der Waals surface area (Å²) in [6.45, 7) is 5.13. The third-order valence-electron chi connectivity index (χ3n) is 4.09. The van der Waals surface area contributed by atoms with Crippen LogP contribution in [0.1, 0.15) is 24.7 Å². The summed E-state index contributed by atoms with van der Waals surface area (Å²) < 4.78 is 29.3. The molecule has 0 amide bonds. The molecule has 1 aromatic heterocycles. The highest BCUT2D eigenvalue weighted by Gasteiger charge is 2.28. The highest BCUT2D eigenvalue weighted by Crippen LogP contribution is 2.35. The lowest BCUT2D eigenvalue weighted by atomic mass is 10.4. The molecule has 3 rings (SSSR count). The summed E-state index contributed by atoms with van der Waals surface area (Å²) in [5.41, 5.74) is 0. The predicted octanol–water partition coefficient (Wildman–Crippen LogP) is 0.592. The smallest absolute Gasteiger partial charge is 0.211 e. The van der Waals surface area contributed by atoms with Crippen LogP contribution in [0, 0.1) is 11.7 Å². The Morgan fingerprint density at radius 2 is 1.86 bits per heavy atom. The van der Waals surface area contributed by atoms with Gasteiger partial charge < -0.3 is 4.57 Å². The molecule has 1 saturated carbocycles. The van der Waals surface area contributed by atoms with Crippen molar-refractivity contribution in [3.63, 3.8) is 0 Å². The van der Waals surface area contributed by atoms with Gasteiger partial charge in [0.2, 0.25) is 10.0 Å². The normalized spacial score (nSPS) is 21.8. The lowest BCUT2D eigenvalue weighted by Gasteiger charge is -2.32. The molecule has 0 N–H and O–H groups in total. The Hall–Kier alpha value is -0.770. The van der Waals surface area contributed by atoms with Gasteiger partial charge in [0.15, 0.2) is 4.77 Å². The van der Waals surface area contributed by atoms with Crippen LogP contribution in [0.15, 0.2) is 0 Å². The van der Waals surface area contributed by atoms with Gasteiger partial charge >= 0.3 is 0 Å². The van der Waals surface area contributed by atoms with E-state index in [0.29, 0.717) is 38.9 Å². The lowest BCUT2D eigenvalue weighted by Crippen LogP contribution is -2.48. The third-order valence-corrected chi connectivity index (χ3v) is 5.80. The molecule has 1 aliphatic heterocycles. The molecule has 1 saturated heterocycles. The van der Waals surface area contributed by atoms with E-state index in [1.165, 1.54) is 23.4 Å². The molecule has 9 heteroatoms. The van der Waals surface area contributed by atoms with E-state index in [1.54, 1.807) is 0 Å². The van der Waals surface area contributed by atoms with Crippen LogP contribution in [0.4, 0.5) is 0 Å². The Kier molecular flexibility index (Phi) is 3.93. The van der Waals surface area contributed by atoms with Crippen molar-refractivity contribution < 1.29 is 8.42 Å². The van der Waals surface area contributed by atoms with Gasteiger partial charge in [0.1, 0.15) is 5.82 Å². The number of hydrogen-bond acceptors (Lipinski definition) is 5. The van der Waals surface area contributed by atoms with Gasteiger partial charge in [-0.3, -0.25) is 4.90 Å². The van der Waals surface area contributed by atoms with Crippen molar-refractivity contribution in [3.05, 3.63) is 10.6 Å². The van der Waals surface area contributed by atoms with Gasteiger partial charge in [-0.2, -0.15) is 9.40 Å². The maximum absolute atomic E-state index is 11.5. The largest absolute Gasteiger partial charge is 0.301 e. The van der Waals surface area contributed by atoms with Crippen molar-refractivity contribution in [1.82, 2.24) is 23.6 Å². The van der Waals surface area contributed by atoms with Gasteiger partial charge in [-0.15, -0.1) is 0 Å². The zero-order valence-corrected chi connectivity index (χ0v) is 14.0. The van der Waals surface area contributed by atoms with Crippen molar-refractivity contribution in [1.29, 1.82) is 0 Å². The van der Waals surface area contributed by atoms with Crippen LogP contribution in [0.5, 0.6) is 0 Å². The average Bonchev–Trinajstić information content (AvgIpc) is 3.18. The second-order valence-electron chi connectivity index (χ2n) is 5.85. The van der Waals surface area contributed by atoms with E-state index in [2.05, 4.69) is 14.6 Å². The van der Waals surface area contributed by atoms with Crippen LogP contribution < -0.4 is 0 Å². The summed E-state index contributed by atoms with van der Waals surface area (Å²) in [7, 11) is -3.08. The maximum Gasteiger partial charge on any atom is 0.211 e. The monoisotopic (exact) mass is 331 g/mol. The Morgan fingerprint density at radius 3 is 2.38 bits per heavy atom. The van der Waals surface area contributed by atoms with Crippen LogP contribution in [0.3, 0.4) is 0 Å². The van der Waals surface area contributed by atoms with E-state index in [9.17, 15) is 8.42 Å². The van der Waals surface area contributed by atoms with E-state index in [-0.39, 0.29) is 0 Å². The molecule has 2 fully saturated rings. The summed E-state index contributed by atoms with van der Waals surface area (Å²) in [6, 6.07) is 0.535. The highest BCUT2D eigenvalue weighted by atomic mass is 32.2. The Bertz CT molecular complexity index is 681. The number of hydrogen-bond donors (Lipinski definition) is 0. The minimum Gasteiger partial charge on any atom is -0.301 e. The van der Waals surface area contributed by atoms with Crippen LogP contribution in [0.2, 0.25) is 0 Å². The predicted molar refractivity (Wildman–Crippen MR) is 82.0 cm³/mol. The number of aryl methyl sites for hydroxylation is 1. The molecule has 0 bridgehead atoms. The third kappa shape index (κ3) is 3.20. The second-order valence-corrected chi connectivity index (χ2v) is 8.20. The Labute approximate surface area is 130 Å². The summed E-state index contributed by atoms with van der Waals surface area (Å²) >= 11 is 5.51. The van der Waals surface area contributed by atoms with Crippen molar-refractivity contribution in [2.45, 2.75) is 32.5 Å². The van der Waals surface area contributed by atoms with Crippen LogP contribution in [-0.2, 0) is 16.7 Å². The van der Waals surface area contributed by atoms with Gasteiger partial charge in [0, 0.05) is 32.2 Å². The summed E-state index contributed by atoms with van der Waals surface area (Å²) in [4.78, 5) is 2.20. The lowest BCUT2D eigenvalue weighted by molar-refractivity contribution is 0.145. The first-order valence-corrected chi connectivity index (χ1v) is 9.45. The quantitative estimate of drug-likeness (QED) is 0.756. The number of rotatable bonds is 4. The molecule has 0 spiro atoms. The van der Waals surface area contributed by atoms with Crippen LogP contribution in [-0.4, -0.2) is 64.4 Å². The van der Waals surface area contributed by atoms with Gasteiger partial charge in [-0.05, 0) is 32.0 Å². The van der Waals surface area contributed by atoms with Crippen LogP contribution >= 0.6 is 12.2 Å². The molecular weight excluding hydrogens is 310 g/mol. The fourth-order valence-corrected chi connectivity index (χ4v) is 3.97. The van der Waals surface area contributed by atoms with E-state index in [4.69, 9.17) is 12.2 Å². The summed E-state index contributed by atoms with van der Waals surface area (Å²) in [5.74, 6) is 0.970. The van der Waals surface area contributed by atoms with E-state index >= 15 is 0 Å². The molecule has 0 aromatic carbocycles. The minimum atomic E-state index is -3.08. The van der Waals surface area contributed by atoms with E-state index in [0.717, 1.165) is 10.6 Å². The fourth-order valence-electron chi connectivity index (χ4n) is 2.77. The minimum absolute atomic E-state index is 0.535. The SMILES string of the molecule is Cc1nn(CN2CCN(S(C)(=O)=O)CC2)c(=S)n1C1CC1. The molecule has 21 heavy (non-hydrogen) atoms. The topological polar surface area (TPSA) is 63.4 Å². The van der Waals surface area contributed by atoms with Crippen LogP contribution in [0.25, 0.3) is 0 Å². The summed E-state index contributed by atoms with van der Waals surface area (Å²) in [6.07, 6.45) is 3.64. The van der Waals surface area contributed by atoms with Crippen molar-refractivity contribution >= 4 is 22.2 Å². The first-order valence-electron chi connectivity index (χ1n) is 7.19. The van der Waals surface area contributed by atoms with Crippen molar-refractivity contribution in [2.75, 3.05) is 32.4 Å². The molecule has 1 aliphatic carbocycles. The number of aromatic nitrogens is 3. The second kappa shape index (κ2) is 5.45. The van der Waals surface area contributed by atoms with Crippen molar-refractivity contribution in [2.24, 2.45) is 0 Å². The molecule has 2 heterocycles. The number of piperazine rings is 1. The molecule has 2 aliphatic rings. The zero-order chi connectivity index (χ0) is 15.2. The van der Waals surface area contributed by atoms with Gasteiger partial charge in [-0.1, -0.05) is 0 Å². The summed E-state index contributed by atoms with van der Waals surface area (Å²) in [5, 5.41) is 4.54. The first-order chi connectivity index (χ1) is 9.86. The number of sulfonamides is 1. The van der Waals surface area contributed by atoms with E-state index in [1.807, 2.05) is 11.6 Å². The molecule has 0 unspecified atom stereocenters. The molecule has 1 aromatic rings. The Morgan fingerprint density at radius 1 is 1.24 bits per heavy atom. The fraction of sp³-hybridized carbons (Fsp3) is 0.833. The Balaban J connectivity index is 1.66. The van der Waals surface area contributed by atoms with E-state index < -0.39 is 10.0 Å². The molecule has 0 radical (unpaired) electrons. The standard InChI is InChI=1S/C12H21N5O2S2/c1-10-13-16(12(20)17(10)11-3-4-11)9-14-5-7-15(8-6-14)21(2,18)19/h11H,3-9H2,1-2H3. The zero-order valence-electron chi connectivity index (χ0n) is 12.4. The van der Waals surface area contributed by atoms with Gasteiger partial charge in [-0.25, -0.2) is 13.1 Å².